The zero-order chi connectivity index (χ0) is 15.4. The molecule has 1 heterocycles. The van der Waals surface area contributed by atoms with Crippen LogP contribution >= 0.6 is 11.5 Å². The van der Waals surface area contributed by atoms with Crippen molar-refractivity contribution in [3.8, 4) is 0 Å². The van der Waals surface area contributed by atoms with Crippen LogP contribution in [0.15, 0.2) is 24.3 Å². The number of anilines is 1. The van der Waals surface area contributed by atoms with Crippen molar-refractivity contribution in [2.45, 2.75) is 19.8 Å². The second kappa shape index (κ2) is 6.45. The predicted molar refractivity (Wildman–Crippen MR) is 79.7 cm³/mol. The van der Waals surface area contributed by atoms with Crippen LogP contribution in [0.2, 0.25) is 0 Å². The molecule has 2 rings (SSSR count). The Morgan fingerprint density at radius 1 is 1.24 bits per heavy atom. The summed E-state index contributed by atoms with van der Waals surface area (Å²) in [5.41, 5.74) is 1.68. The summed E-state index contributed by atoms with van der Waals surface area (Å²) in [6.07, 6.45) is 0. The van der Waals surface area contributed by atoms with Crippen LogP contribution in [0.5, 0.6) is 0 Å². The number of nitrogens with one attached hydrogen (secondary N) is 1. The fraction of sp³-hybridized carbons (Fsp3) is 0.286. The molecule has 0 aliphatic rings. The lowest BCUT2D eigenvalue weighted by atomic mass is 10.0. The molecule has 0 bridgehead atoms. The third-order valence-electron chi connectivity index (χ3n) is 2.85. The fourth-order valence-electron chi connectivity index (χ4n) is 1.64. The van der Waals surface area contributed by atoms with Crippen LogP contribution < -0.4 is 5.32 Å². The van der Waals surface area contributed by atoms with Crippen molar-refractivity contribution in [2.75, 3.05) is 12.4 Å². The minimum atomic E-state index is -0.631. The number of benzene rings is 1. The highest BCUT2D eigenvalue weighted by molar-refractivity contribution is 7.10. The summed E-state index contributed by atoms with van der Waals surface area (Å²) in [5, 5.41) is 2.86. The number of carbonyl (C=O) groups is 2. The van der Waals surface area contributed by atoms with E-state index in [-0.39, 0.29) is 16.9 Å². The van der Waals surface area contributed by atoms with E-state index in [4.69, 9.17) is 0 Å². The monoisotopic (exact) mass is 305 g/mol. The number of rotatable bonds is 4. The van der Waals surface area contributed by atoms with E-state index in [2.05, 4.69) is 33.3 Å². The molecule has 21 heavy (non-hydrogen) atoms. The topological polar surface area (TPSA) is 81.2 Å². The van der Waals surface area contributed by atoms with Gasteiger partial charge in [-0.3, -0.25) is 10.1 Å². The van der Waals surface area contributed by atoms with Crippen molar-refractivity contribution in [1.82, 2.24) is 9.36 Å². The van der Waals surface area contributed by atoms with Gasteiger partial charge in [0.25, 0.3) is 11.7 Å². The van der Waals surface area contributed by atoms with Crippen molar-refractivity contribution in [2.24, 2.45) is 0 Å². The number of methoxy groups -OCH3 is 1. The number of aromatic nitrogens is 2. The van der Waals surface area contributed by atoms with Gasteiger partial charge in [0.05, 0.1) is 7.11 Å². The first kappa shape index (κ1) is 15.1. The van der Waals surface area contributed by atoms with E-state index in [1.165, 1.54) is 7.11 Å². The van der Waals surface area contributed by atoms with E-state index >= 15 is 0 Å². The number of esters is 1. The van der Waals surface area contributed by atoms with Gasteiger partial charge in [0.15, 0.2) is 0 Å². The Balaban J connectivity index is 2.07. The molecule has 1 amide bonds. The van der Waals surface area contributed by atoms with Crippen LogP contribution in [-0.4, -0.2) is 28.3 Å². The van der Waals surface area contributed by atoms with Crippen LogP contribution in [0, 0.1) is 0 Å². The number of ether oxygens (including phenoxy) is 1. The highest BCUT2D eigenvalue weighted by Gasteiger charge is 2.15. The molecule has 0 saturated heterocycles. The Hall–Kier alpha value is -2.28. The molecule has 2 aromatic rings. The minimum absolute atomic E-state index is 0.0621. The van der Waals surface area contributed by atoms with Crippen molar-refractivity contribution in [3.63, 3.8) is 0 Å². The van der Waals surface area contributed by atoms with Gasteiger partial charge >= 0.3 is 5.97 Å². The molecule has 6 nitrogen and oxygen atoms in total. The molecule has 0 atom stereocenters. The molecule has 0 saturated carbocycles. The Morgan fingerprint density at radius 2 is 1.90 bits per heavy atom. The first-order valence-electron chi connectivity index (χ1n) is 6.34. The quantitative estimate of drug-likeness (QED) is 0.878. The Kier molecular flexibility index (Phi) is 4.64. The Labute approximate surface area is 126 Å². The molecule has 1 N–H and O–H groups in total. The number of carbonyl (C=O) groups excluding carboxylic acids is 2. The molecule has 0 aliphatic carbocycles. The minimum Gasteiger partial charge on any atom is -0.463 e. The maximum absolute atomic E-state index is 12.1. The van der Waals surface area contributed by atoms with Gasteiger partial charge in [-0.05, 0) is 23.6 Å². The summed E-state index contributed by atoms with van der Waals surface area (Å²) in [7, 11) is 1.25. The van der Waals surface area contributed by atoms with Gasteiger partial charge in [0, 0.05) is 17.1 Å². The van der Waals surface area contributed by atoms with Crippen molar-refractivity contribution >= 4 is 28.5 Å². The largest absolute Gasteiger partial charge is 0.463 e. The van der Waals surface area contributed by atoms with E-state index in [0.29, 0.717) is 11.5 Å². The molecule has 0 spiro atoms. The number of hydrogen-bond acceptors (Lipinski definition) is 6. The summed E-state index contributed by atoms with van der Waals surface area (Å²) >= 11 is 0.930. The molecule has 7 heteroatoms. The zero-order valence-corrected chi connectivity index (χ0v) is 12.7. The molecule has 110 valence electrons. The molecule has 0 aliphatic heterocycles. The molecular formula is C14H15N3O3S. The van der Waals surface area contributed by atoms with Crippen LogP contribution in [0.1, 0.15) is 46.3 Å². The second-order valence-electron chi connectivity index (χ2n) is 4.65. The number of nitrogens with zero attached hydrogens (tertiary/aromatic N) is 2. The Morgan fingerprint density at radius 3 is 2.48 bits per heavy atom. The third-order valence-corrected chi connectivity index (χ3v) is 3.48. The van der Waals surface area contributed by atoms with Gasteiger partial charge in [-0.2, -0.15) is 9.36 Å². The predicted octanol–water partition coefficient (Wildman–Crippen LogP) is 2.70. The molecule has 1 aromatic carbocycles. The Bertz CT molecular complexity index is 650. The van der Waals surface area contributed by atoms with E-state index in [1.807, 2.05) is 12.1 Å². The van der Waals surface area contributed by atoms with Gasteiger partial charge in [0.2, 0.25) is 5.13 Å². The molecular weight excluding hydrogens is 290 g/mol. The second-order valence-corrected chi connectivity index (χ2v) is 5.40. The fourth-order valence-corrected chi connectivity index (χ4v) is 2.19. The molecule has 0 fully saturated rings. The van der Waals surface area contributed by atoms with Crippen LogP contribution in [0.4, 0.5) is 5.13 Å². The van der Waals surface area contributed by atoms with Crippen molar-refractivity contribution in [3.05, 3.63) is 41.2 Å². The summed E-state index contributed by atoms with van der Waals surface area (Å²) < 4.78 is 8.32. The smallest absolute Gasteiger partial charge is 0.377 e. The standard InChI is InChI=1S/C14H15N3O3S/c1-8(2)9-4-6-10(7-5-9)12(18)16-14-15-11(17-21-14)13(19)20-3/h4-8H,1-3H3,(H,15,16,17,18). The number of hydrogen-bond donors (Lipinski definition) is 1. The van der Waals surface area contributed by atoms with E-state index < -0.39 is 5.97 Å². The highest BCUT2D eigenvalue weighted by atomic mass is 32.1. The van der Waals surface area contributed by atoms with E-state index in [9.17, 15) is 9.59 Å². The van der Waals surface area contributed by atoms with Gasteiger partial charge < -0.3 is 4.74 Å². The molecule has 1 aromatic heterocycles. The molecule has 0 radical (unpaired) electrons. The first-order chi connectivity index (χ1) is 10.0. The normalized spacial score (nSPS) is 10.5. The summed E-state index contributed by atoms with van der Waals surface area (Å²) in [5.74, 6) is -0.577. The summed E-state index contributed by atoms with van der Waals surface area (Å²) in [6, 6.07) is 7.35. The highest BCUT2D eigenvalue weighted by Crippen LogP contribution is 2.17. The first-order valence-corrected chi connectivity index (χ1v) is 7.12. The maximum Gasteiger partial charge on any atom is 0.377 e. The maximum atomic E-state index is 12.1. The zero-order valence-electron chi connectivity index (χ0n) is 11.9. The van der Waals surface area contributed by atoms with Gasteiger partial charge in [-0.1, -0.05) is 26.0 Å². The number of amides is 1. The lowest BCUT2D eigenvalue weighted by molar-refractivity contribution is 0.0588. The average molecular weight is 305 g/mol. The van der Waals surface area contributed by atoms with Crippen LogP contribution in [0.3, 0.4) is 0 Å². The van der Waals surface area contributed by atoms with Crippen molar-refractivity contribution in [1.29, 1.82) is 0 Å². The average Bonchev–Trinajstić information content (AvgIpc) is 2.95. The van der Waals surface area contributed by atoms with Crippen LogP contribution in [0.25, 0.3) is 0 Å². The van der Waals surface area contributed by atoms with E-state index in [0.717, 1.165) is 17.1 Å². The van der Waals surface area contributed by atoms with Gasteiger partial charge in [0.1, 0.15) is 0 Å². The van der Waals surface area contributed by atoms with Crippen LogP contribution in [-0.2, 0) is 4.74 Å². The summed E-state index contributed by atoms with van der Waals surface area (Å²) in [6.45, 7) is 4.18. The third kappa shape index (κ3) is 3.63. The SMILES string of the molecule is COC(=O)c1nsc(NC(=O)c2ccc(C(C)C)cc2)n1. The van der Waals surface area contributed by atoms with Gasteiger partial charge in [-0.15, -0.1) is 0 Å². The lowest BCUT2D eigenvalue weighted by Crippen LogP contribution is -2.12. The molecule has 0 unspecified atom stereocenters. The van der Waals surface area contributed by atoms with Gasteiger partial charge in [-0.25, -0.2) is 4.79 Å². The van der Waals surface area contributed by atoms with E-state index in [1.54, 1.807) is 12.1 Å². The summed E-state index contributed by atoms with van der Waals surface area (Å²) in [4.78, 5) is 27.2. The lowest BCUT2D eigenvalue weighted by Gasteiger charge is -2.06. The van der Waals surface area contributed by atoms with Crippen molar-refractivity contribution < 1.29 is 14.3 Å².